The summed E-state index contributed by atoms with van der Waals surface area (Å²) in [6.07, 6.45) is 1.55. The van der Waals surface area contributed by atoms with Gasteiger partial charge in [-0.05, 0) is 5.92 Å². The zero-order chi connectivity index (χ0) is 11.9. The number of hydrogen-bond donors (Lipinski definition) is 5. The summed E-state index contributed by atoms with van der Waals surface area (Å²) >= 11 is 0. The topological polar surface area (TPSA) is 135 Å². The smallest absolute Gasteiger partial charge is 0.368 e. The van der Waals surface area contributed by atoms with E-state index in [1.807, 2.05) is 0 Å². The fourth-order valence-corrected chi connectivity index (χ4v) is 3.84. The van der Waals surface area contributed by atoms with E-state index in [0.29, 0.717) is 12.8 Å². The first-order valence-electron chi connectivity index (χ1n) is 4.41. The van der Waals surface area contributed by atoms with Gasteiger partial charge >= 0.3 is 15.2 Å². The van der Waals surface area contributed by atoms with Crippen LogP contribution in [0.25, 0.3) is 0 Å². The third kappa shape index (κ3) is 2.50. The Balaban J connectivity index is 2.96. The van der Waals surface area contributed by atoms with Gasteiger partial charge in [0.05, 0.1) is 0 Å². The molecule has 0 aromatic rings. The molecule has 0 atom stereocenters. The molecule has 0 aliphatic heterocycles. The summed E-state index contributed by atoms with van der Waals surface area (Å²) in [6, 6.07) is 0. The van der Waals surface area contributed by atoms with Gasteiger partial charge in [0, 0.05) is 6.42 Å². The van der Waals surface area contributed by atoms with Gasteiger partial charge < -0.3 is 24.7 Å². The average Bonchev–Trinajstić information content (AvgIpc) is 1.91. The first kappa shape index (κ1) is 13.3. The maximum absolute atomic E-state index is 10.9. The Hall–Kier alpha value is 0.260. The summed E-state index contributed by atoms with van der Waals surface area (Å²) in [5.74, 6) is -0.227. The molecule has 1 fully saturated rings. The number of hydrogen-bond acceptors (Lipinski definition) is 3. The second-order valence-corrected chi connectivity index (χ2v) is 7.87. The van der Waals surface area contributed by atoms with Crippen LogP contribution in [0.5, 0.6) is 0 Å². The van der Waals surface area contributed by atoms with Gasteiger partial charge in [0.25, 0.3) is 5.08 Å². The molecule has 0 radical (unpaired) electrons. The van der Waals surface area contributed by atoms with Crippen molar-refractivity contribution < 1.29 is 33.8 Å². The zero-order valence-electron chi connectivity index (χ0n) is 7.85. The van der Waals surface area contributed by atoms with Crippen molar-refractivity contribution in [2.24, 2.45) is 5.92 Å². The zero-order valence-corrected chi connectivity index (χ0v) is 9.64. The number of aliphatic hydroxyl groups is 1. The Labute approximate surface area is 86.5 Å². The van der Waals surface area contributed by atoms with E-state index in [0.717, 1.165) is 6.42 Å². The van der Waals surface area contributed by atoms with Crippen LogP contribution in [-0.2, 0) is 9.13 Å². The molecule has 0 unspecified atom stereocenters. The van der Waals surface area contributed by atoms with Crippen LogP contribution in [-0.4, -0.2) is 29.8 Å². The van der Waals surface area contributed by atoms with Crippen molar-refractivity contribution in [3.63, 3.8) is 0 Å². The molecule has 0 heterocycles. The number of rotatable bonds is 4. The van der Waals surface area contributed by atoms with Gasteiger partial charge in [-0.15, -0.1) is 0 Å². The van der Waals surface area contributed by atoms with E-state index in [4.69, 9.17) is 19.6 Å². The standard InChI is InChI=1S/C6H14O7P2/c7-6(14(8,9)10,15(11,12)13)4-5-2-1-3-5/h5,7H,1-4H2,(H2,8,9,10)(H2,11,12,13). The molecule has 1 aliphatic rings. The van der Waals surface area contributed by atoms with Gasteiger partial charge in [0.1, 0.15) is 0 Å². The maximum atomic E-state index is 10.9. The van der Waals surface area contributed by atoms with Gasteiger partial charge in [0.15, 0.2) is 0 Å². The van der Waals surface area contributed by atoms with E-state index in [1.165, 1.54) is 0 Å². The second kappa shape index (κ2) is 3.93. The minimum absolute atomic E-state index is 0.227. The molecule has 1 rings (SSSR count). The summed E-state index contributed by atoms with van der Waals surface area (Å²) in [6.45, 7) is 0. The lowest BCUT2D eigenvalue weighted by Crippen LogP contribution is -2.33. The predicted octanol–water partition coefficient (Wildman–Crippen LogP) is 0.178. The molecule has 0 aromatic heterocycles. The minimum atomic E-state index is -5.25. The van der Waals surface area contributed by atoms with E-state index >= 15 is 0 Å². The fourth-order valence-electron chi connectivity index (χ4n) is 1.49. The van der Waals surface area contributed by atoms with Crippen LogP contribution in [0, 0.1) is 5.92 Å². The summed E-state index contributed by atoms with van der Waals surface area (Å²) in [7, 11) is -10.5. The van der Waals surface area contributed by atoms with Crippen LogP contribution in [0.3, 0.4) is 0 Å². The lowest BCUT2D eigenvalue weighted by atomic mass is 9.83. The molecule has 0 bridgehead atoms. The molecule has 0 saturated heterocycles. The summed E-state index contributed by atoms with van der Waals surface area (Å²) in [5, 5.41) is 6.28. The highest BCUT2D eigenvalue weighted by atomic mass is 31.2. The van der Waals surface area contributed by atoms with E-state index in [9.17, 15) is 14.2 Å². The third-order valence-electron chi connectivity index (χ3n) is 2.72. The molecule has 0 aromatic carbocycles. The van der Waals surface area contributed by atoms with Gasteiger partial charge in [0.2, 0.25) is 0 Å². The summed E-state index contributed by atoms with van der Waals surface area (Å²) in [4.78, 5) is 35.2. The highest BCUT2D eigenvalue weighted by Gasteiger charge is 2.60. The summed E-state index contributed by atoms with van der Waals surface area (Å²) in [5.41, 5.74) is 0. The molecule has 1 saturated carbocycles. The molecule has 0 spiro atoms. The molecule has 15 heavy (non-hydrogen) atoms. The Kier molecular flexibility index (Phi) is 3.49. The van der Waals surface area contributed by atoms with Crippen molar-refractivity contribution in [1.82, 2.24) is 0 Å². The molecule has 7 nitrogen and oxygen atoms in total. The van der Waals surface area contributed by atoms with E-state index in [2.05, 4.69) is 0 Å². The van der Waals surface area contributed by atoms with Crippen molar-refractivity contribution in [1.29, 1.82) is 0 Å². The molecule has 0 amide bonds. The molecule has 5 N–H and O–H groups in total. The van der Waals surface area contributed by atoms with Crippen LogP contribution < -0.4 is 0 Å². The predicted molar refractivity (Wildman–Crippen MR) is 51.0 cm³/mol. The molecule has 9 heteroatoms. The first-order valence-corrected chi connectivity index (χ1v) is 7.64. The lowest BCUT2D eigenvalue weighted by Gasteiger charge is -2.35. The van der Waals surface area contributed by atoms with E-state index in [1.54, 1.807) is 0 Å². The average molecular weight is 260 g/mol. The Bertz CT molecular complexity index is 302. The van der Waals surface area contributed by atoms with Crippen molar-refractivity contribution >= 4 is 15.2 Å². The van der Waals surface area contributed by atoms with Gasteiger partial charge in [-0.2, -0.15) is 0 Å². The first-order chi connectivity index (χ1) is 6.58. The normalized spacial score (nSPS) is 20.1. The minimum Gasteiger partial charge on any atom is -0.368 e. The molecule has 1 aliphatic carbocycles. The van der Waals surface area contributed by atoms with Crippen LogP contribution in [0.1, 0.15) is 25.7 Å². The van der Waals surface area contributed by atoms with Crippen LogP contribution in [0.15, 0.2) is 0 Å². The Morgan fingerprint density at radius 1 is 1.07 bits per heavy atom. The maximum Gasteiger partial charge on any atom is 0.369 e. The Morgan fingerprint density at radius 2 is 1.47 bits per heavy atom. The molecule has 90 valence electrons. The largest absolute Gasteiger partial charge is 0.369 e. The van der Waals surface area contributed by atoms with Gasteiger partial charge in [-0.25, -0.2) is 0 Å². The third-order valence-corrected chi connectivity index (χ3v) is 6.51. The molecular formula is C6H14O7P2. The van der Waals surface area contributed by atoms with Crippen molar-refractivity contribution in [3.05, 3.63) is 0 Å². The van der Waals surface area contributed by atoms with Crippen LogP contribution >= 0.6 is 15.2 Å². The highest BCUT2D eigenvalue weighted by molar-refractivity contribution is 7.72. The lowest BCUT2D eigenvalue weighted by molar-refractivity contribution is 0.0897. The summed E-state index contributed by atoms with van der Waals surface area (Å²) < 4.78 is 21.9. The van der Waals surface area contributed by atoms with Crippen molar-refractivity contribution in [2.75, 3.05) is 0 Å². The van der Waals surface area contributed by atoms with Crippen molar-refractivity contribution in [3.8, 4) is 0 Å². The van der Waals surface area contributed by atoms with Crippen LogP contribution in [0.4, 0.5) is 0 Å². The highest BCUT2D eigenvalue weighted by Crippen LogP contribution is 2.70. The van der Waals surface area contributed by atoms with Gasteiger partial charge in [-0.1, -0.05) is 19.3 Å². The Morgan fingerprint density at radius 3 is 1.67 bits per heavy atom. The van der Waals surface area contributed by atoms with E-state index in [-0.39, 0.29) is 5.92 Å². The van der Waals surface area contributed by atoms with Gasteiger partial charge in [-0.3, -0.25) is 9.13 Å². The van der Waals surface area contributed by atoms with Crippen molar-refractivity contribution in [2.45, 2.75) is 30.8 Å². The van der Waals surface area contributed by atoms with E-state index < -0.39 is 26.7 Å². The second-order valence-electron chi connectivity index (χ2n) is 3.86. The fraction of sp³-hybridized carbons (Fsp3) is 1.00. The quantitative estimate of drug-likeness (QED) is 0.455. The molecular weight excluding hydrogens is 246 g/mol. The van der Waals surface area contributed by atoms with Crippen LogP contribution in [0.2, 0.25) is 0 Å². The monoisotopic (exact) mass is 260 g/mol. The SMILES string of the molecule is O=P(O)(O)C(O)(CC1CCC1)P(=O)(O)O.